The van der Waals surface area contributed by atoms with Gasteiger partial charge in [0, 0.05) is 11.9 Å². The zero-order chi connectivity index (χ0) is 14.7. The molecule has 0 bridgehead atoms. The molecular formula is C10H10BrClF3NO2S. The molecule has 19 heavy (non-hydrogen) atoms. The lowest BCUT2D eigenvalue weighted by atomic mass is 10.4. The van der Waals surface area contributed by atoms with Gasteiger partial charge in [-0.1, -0.05) is 39.7 Å². The highest BCUT2D eigenvalue weighted by molar-refractivity contribution is 9.09. The lowest BCUT2D eigenvalue weighted by Crippen LogP contribution is -2.40. The van der Waals surface area contributed by atoms with Crippen LogP contribution in [-0.4, -0.2) is 37.3 Å². The first-order chi connectivity index (χ1) is 8.68. The SMILES string of the molecule is O=S(=O)(c1ccccc1Cl)N(CCBr)CC(F)(F)F. The third kappa shape index (κ3) is 4.62. The Balaban J connectivity index is 3.17. The highest BCUT2D eigenvalue weighted by Crippen LogP contribution is 2.27. The normalized spacial score (nSPS) is 12.9. The topological polar surface area (TPSA) is 37.4 Å². The molecule has 0 unspecified atom stereocenters. The summed E-state index contributed by atoms with van der Waals surface area (Å²) in [6.45, 7) is -1.85. The predicted octanol–water partition coefficient (Wildman–Crippen LogP) is 3.29. The third-order valence-corrected chi connectivity index (χ3v) is 4.84. The van der Waals surface area contributed by atoms with Gasteiger partial charge in [0.15, 0.2) is 0 Å². The van der Waals surface area contributed by atoms with Crippen LogP contribution in [0.2, 0.25) is 5.02 Å². The lowest BCUT2D eigenvalue weighted by Gasteiger charge is -2.23. The summed E-state index contributed by atoms with van der Waals surface area (Å²) >= 11 is 8.66. The van der Waals surface area contributed by atoms with E-state index in [1.165, 1.54) is 24.3 Å². The molecule has 0 aromatic heterocycles. The van der Waals surface area contributed by atoms with Crippen LogP contribution in [-0.2, 0) is 10.0 Å². The molecular weight excluding hydrogens is 371 g/mol. The Morgan fingerprint density at radius 1 is 1.26 bits per heavy atom. The summed E-state index contributed by atoms with van der Waals surface area (Å²) in [6.07, 6.45) is -4.61. The van der Waals surface area contributed by atoms with Crippen molar-refractivity contribution < 1.29 is 21.6 Å². The highest BCUT2D eigenvalue weighted by atomic mass is 79.9. The summed E-state index contributed by atoms with van der Waals surface area (Å²) in [6, 6.07) is 5.39. The molecule has 0 aliphatic heterocycles. The van der Waals surface area contributed by atoms with Crippen molar-refractivity contribution in [3.63, 3.8) is 0 Å². The summed E-state index contributed by atoms with van der Waals surface area (Å²) in [4.78, 5) is -0.332. The third-order valence-electron chi connectivity index (χ3n) is 2.14. The van der Waals surface area contributed by atoms with Gasteiger partial charge < -0.3 is 0 Å². The maximum Gasteiger partial charge on any atom is 0.402 e. The molecule has 3 nitrogen and oxygen atoms in total. The van der Waals surface area contributed by atoms with E-state index in [0.29, 0.717) is 4.31 Å². The number of benzene rings is 1. The van der Waals surface area contributed by atoms with Gasteiger partial charge in [-0.2, -0.15) is 17.5 Å². The second-order valence-electron chi connectivity index (χ2n) is 3.57. The maximum absolute atomic E-state index is 12.4. The van der Waals surface area contributed by atoms with Crippen molar-refractivity contribution in [1.29, 1.82) is 0 Å². The second-order valence-corrected chi connectivity index (χ2v) is 6.68. The Morgan fingerprint density at radius 2 is 1.84 bits per heavy atom. The molecule has 0 heterocycles. The fraction of sp³-hybridized carbons (Fsp3) is 0.400. The van der Waals surface area contributed by atoms with Gasteiger partial charge in [-0.15, -0.1) is 0 Å². The molecule has 9 heteroatoms. The van der Waals surface area contributed by atoms with E-state index >= 15 is 0 Å². The number of hydrogen-bond donors (Lipinski definition) is 0. The van der Waals surface area contributed by atoms with E-state index in [1.54, 1.807) is 0 Å². The maximum atomic E-state index is 12.4. The molecule has 108 valence electrons. The molecule has 0 aliphatic rings. The monoisotopic (exact) mass is 379 g/mol. The van der Waals surface area contributed by atoms with E-state index in [-0.39, 0.29) is 21.8 Å². The van der Waals surface area contributed by atoms with E-state index in [4.69, 9.17) is 11.6 Å². The Bertz CT molecular complexity index is 536. The van der Waals surface area contributed by atoms with Crippen molar-refractivity contribution in [2.75, 3.05) is 18.4 Å². The smallest absolute Gasteiger partial charge is 0.207 e. The zero-order valence-electron chi connectivity index (χ0n) is 9.49. The number of nitrogens with zero attached hydrogens (tertiary/aromatic N) is 1. The summed E-state index contributed by atoms with van der Waals surface area (Å²) in [5, 5.41) is -0.0171. The van der Waals surface area contributed by atoms with E-state index < -0.39 is 22.7 Å². The summed E-state index contributed by atoms with van der Waals surface area (Å²) < 4.78 is 61.9. The summed E-state index contributed by atoms with van der Waals surface area (Å²) in [5.74, 6) is 0. The number of rotatable bonds is 5. The number of halogens is 5. The van der Waals surface area contributed by atoms with Crippen molar-refractivity contribution in [3.05, 3.63) is 29.3 Å². The van der Waals surface area contributed by atoms with Crippen LogP contribution in [0.15, 0.2) is 29.2 Å². The zero-order valence-corrected chi connectivity index (χ0v) is 12.7. The molecule has 0 spiro atoms. The number of sulfonamides is 1. The number of hydrogen-bond acceptors (Lipinski definition) is 2. The van der Waals surface area contributed by atoms with Crippen molar-refractivity contribution in [2.45, 2.75) is 11.1 Å². The lowest BCUT2D eigenvalue weighted by molar-refractivity contribution is -0.135. The molecule has 1 rings (SSSR count). The second kappa shape index (κ2) is 6.43. The summed E-state index contributed by atoms with van der Waals surface area (Å²) in [7, 11) is -4.28. The Hall–Kier alpha value is -0.310. The van der Waals surface area contributed by atoms with Crippen LogP contribution in [0.1, 0.15) is 0 Å². The molecule has 0 fully saturated rings. The first kappa shape index (κ1) is 16.7. The fourth-order valence-corrected chi connectivity index (χ4v) is 3.95. The minimum Gasteiger partial charge on any atom is -0.207 e. The first-order valence-corrected chi connectivity index (χ1v) is 8.00. The molecule has 0 radical (unpaired) electrons. The van der Waals surface area contributed by atoms with Crippen molar-refractivity contribution in [3.8, 4) is 0 Å². The molecule has 0 amide bonds. The van der Waals surface area contributed by atoms with Gasteiger partial charge in [0.05, 0.1) is 5.02 Å². The Labute approximate surface area is 122 Å². The quantitative estimate of drug-likeness (QED) is 0.735. The van der Waals surface area contributed by atoms with Gasteiger partial charge in [0.2, 0.25) is 10.0 Å². The van der Waals surface area contributed by atoms with Crippen LogP contribution in [0.25, 0.3) is 0 Å². The van der Waals surface area contributed by atoms with Gasteiger partial charge in [0.1, 0.15) is 11.4 Å². The standard InChI is InChI=1S/C10H10BrClF3NO2S/c11-5-6-16(7-10(13,14)15)19(17,18)9-4-2-1-3-8(9)12/h1-4H,5-7H2. The molecule has 0 saturated carbocycles. The van der Waals surface area contributed by atoms with Gasteiger partial charge in [-0.3, -0.25) is 0 Å². The van der Waals surface area contributed by atoms with Gasteiger partial charge in [-0.25, -0.2) is 8.42 Å². The van der Waals surface area contributed by atoms with Crippen LogP contribution in [0.3, 0.4) is 0 Å². The average Bonchev–Trinajstić information content (AvgIpc) is 2.27. The Morgan fingerprint density at radius 3 is 2.32 bits per heavy atom. The molecule has 0 atom stereocenters. The molecule has 0 saturated heterocycles. The fourth-order valence-electron chi connectivity index (χ4n) is 1.37. The number of alkyl halides is 4. The van der Waals surface area contributed by atoms with Gasteiger partial charge >= 0.3 is 6.18 Å². The predicted molar refractivity (Wildman–Crippen MR) is 70.1 cm³/mol. The average molecular weight is 381 g/mol. The van der Waals surface area contributed by atoms with E-state index in [0.717, 1.165) is 0 Å². The minimum atomic E-state index is -4.61. The van der Waals surface area contributed by atoms with Crippen LogP contribution < -0.4 is 0 Å². The minimum absolute atomic E-state index is 0.0900. The summed E-state index contributed by atoms with van der Waals surface area (Å²) in [5.41, 5.74) is 0. The first-order valence-electron chi connectivity index (χ1n) is 5.06. The molecule has 0 N–H and O–H groups in total. The van der Waals surface area contributed by atoms with E-state index in [1.807, 2.05) is 0 Å². The van der Waals surface area contributed by atoms with Gasteiger partial charge in [-0.05, 0) is 12.1 Å². The van der Waals surface area contributed by atoms with E-state index in [2.05, 4.69) is 15.9 Å². The highest BCUT2D eigenvalue weighted by Gasteiger charge is 2.37. The van der Waals surface area contributed by atoms with Crippen LogP contribution in [0, 0.1) is 0 Å². The van der Waals surface area contributed by atoms with E-state index in [9.17, 15) is 21.6 Å². The van der Waals surface area contributed by atoms with Crippen molar-refractivity contribution in [2.24, 2.45) is 0 Å². The molecule has 0 aliphatic carbocycles. The van der Waals surface area contributed by atoms with Crippen LogP contribution >= 0.6 is 27.5 Å². The van der Waals surface area contributed by atoms with Crippen LogP contribution in [0.4, 0.5) is 13.2 Å². The van der Waals surface area contributed by atoms with Crippen molar-refractivity contribution in [1.82, 2.24) is 4.31 Å². The Kier molecular flexibility index (Phi) is 5.66. The van der Waals surface area contributed by atoms with Crippen molar-refractivity contribution >= 4 is 37.6 Å². The van der Waals surface area contributed by atoms with Gasteiger partial charge in [0.25, 0.3) is 0 Å². The molecule has 1 aromatic carbocycles. The van der Waals surface area contributed by atoms with Crippen LogP contribution in [0.5, 0.6) is 0 Å². The molecule has 1 aromatic rings. The largest absolute Gasteiger partial charge is 0.402 e.